The van der Waals surface area contributed by atoms with E-state index < -0.39 is 45.7 Å². The van der Waals surface area contributed by atoms with Gasteiger partial charge < -0.3 is 9.84 Å². The molecule has 0 aliphatic carbocycles. The number of hydrogen-bond donors (Lipinski definition) is 1. The number of nitro groups is 1. The van der Waals surface area contributed by atoms with Gasteiger partial charge in [0, 0.05) is 23.4 Å². The van der Waals surface area contributed by atoms with E-state index >= 15 is 0 Å². The molecule has 1 atom stereocenters. The van der Waals surface area contributed by atoms with Crippen LogP contribution in [0.25, 0.3) is 5.76 Å². The molecule has 184 valence electrons. The van der Waals surface area contributed by atoms with Crippen molar-refractivity contribution < 1.29 is 37.5 Å². The van der Waals surface area contributed by atoms with Crippen LogP contribution in [0.5, 0.6) is 5.75 Å². The topological polar surface area (TPSA) is 110 Å². The van der Waals surface area contributed by atoms with Crippen molar-refractivity contribution in [3.63, 3.8) is 0 Å². The first-order chi connectivity index (χ1) is 17.0. The normalized spacial score (nSPS) is 17.3. The Labute approximate surface area is 202 Å². The third kappa shape index (κ3) is 4.38. The Balaban J connectivity index is 1.96. The molecule has 36 heavy (non-hydrogen) atoms. The minimum atomic E-state index is -4.73. The maximum atomic E-state index is 13.4. The summed E-state index contributed by atoms with van der Waals surface area (Å²) in [6.07, 6.45) is -4.73. The van der Waals surface area contributed by atoms with Crippen molar-refractivity contribution >= 4 is 28.8 Å². The number of amides is 1. The van der Waals surface area contributed by atoms with Crippen molar-refractivity contribution in [2.75, 3.05) is 12.0 Å². The molecule has 0 saturated carbocycles. The smallest absolute Gasteiger partial charge is 0.416 e. The van der Waals surface area contributed by atoms with Gasteiger partial charge in [-0.05, 0) is 48.0 Å². The average molecular weight is 498 g/mol. The highest BCUT2D eigenvalue weighted by Crippen LogP contribution is 2.44. The first kappa shape index (κ1) is 24.5. The lowest BCUT2D eigenvalue weighted by atomic mass is 9.94. The number of aliphatic hydroxyl groups is 1. The number of rotatable bonds is 5. The molecule has 1 aliphatic heterocycles. The van der Waals surface area contributed by atoms with Crippen molar-refractivity contribution in [2.24, 2.45) is 0 Å². The first-order valence-corrected chi connectivity index (χ1v) is 10.4. The quantitative estimate of drug-likeness (QED) is 0.169. The number of ketones is 1. The van der Waals surface area contributed by atoms with Gasteiger partial charge in [-0.2, -0.15) is 13.2 Å². The van der Waals surface area contributed by atoms with Crippen LogP contribution in [0.4, 0.5) is 24.5 Å². The highest BCUT2D eigenvalue weighted by Gasteiger charge is 2.47. The lowest BCUT2D eigenvalue weighted by Gasteiger charge is -2.26. The number of non-ortho nitro benzene ring substituents is 1. The predicted molar refractivity (Wildman–Crippen MR) is 122 cm³/mol. The Morgan fingerprint density at radius 2 is 1.69 bits per heavy atom. The number of alkyl halides is 3. The second-order valence-electron chi connectivity index (χ2n) is 7.80. The van der Waals surface area contributed by atoms with Gasteiger partial charge in [0.05, 0.1) is 29.2 Å². The van der Waals surface area contributed by atoms with Crippen LogP contribution in [0.2, 0.25) is 0 Å². The second-order valence-corrected chi connectivity index (χ2v) is 7.80. The number of aliphatic hydroxyl groups excluding tert-OH is 1. The Morgan fingerprint density at radius 1 is 1.03 bits per heavy atom. The van der Waals surface area contributed by atoms with E-state index in [9.17, 15) is 38.0 Å². The molecule has 4 rings (SSSR count). The number of hydrogen-bond acceptors (Lipinski definition) is 6. The van der Waals surface area contributed by atoms with E-state index in [4.69, 9.17) is 4.74 Å². The fraction of sp³-hybridized carbons (Fsp3) is 0.120. The summed E-state index contributed by atoms with van der Waals surface area (Å²) < 4.78 is 45.2. The van der Waals surface area contributed by atoms with Crippen LogP contribution in [0.3, 0.4) is 0 Å². The minimum Gasteiger partial charge on any atom is -0.507 e. The van der Waals surface area contributed by atoms with Gasteiger partial charge in [0.25, 0.3) is 17.4 Å². The largest absolute Gasteiger partial charge is 0.507 e. The molecule has 1 heterocycles. The molecule has 1 aliphatic rings. The molecule has 11 heteroatoms. The van der Waals surface area contributed by atoms with Crippen LogP contribution in [0.15, 0.2) is 78.4 Å². The van der Waals surface area contributed by atoms with E-state index in [1.54, 1.807) is 0 Å². The van der Waals surface area contributed by atoms with Crippen molar-refractivity contribution in [1.29, 1.82) is 0 Å². The van der Waals surface area contributed by atoms with Crippen molar-refractivity contribution in [1.82, 2.24) is 0 Å². The summed E-state index contributed by atoms with van der Waals surface area (Å²) in [5.41, 5.74) is -1.94. The molecular weight excluding hydrogens is 481 g/mol. The summed E-state index contributed by atoms with van der Waals surface area (Å²) in [5.74, 6) is -2.49. The van der Waals surface area contributed by atoms with Gasteiger partial charge in [-0.1, -0.05) is 18.2 Å². The summed E-state index contributed by atoms with van der Waals surface area (Å²) in [6.45, 7) is 0. The third-order valence-electron chi connectivity index (χ3n) is 5.66. The summed E-state index contributed by atoms with van der Waals surface area (Å²) in [5, 5.41) is 22.4. The molecule has 1 saturated heterocycles. The number of carbonyl (C=O) groups excluding carboxylic acids is 2. The van der Waals surface area contributed by atoms with Crippen LogP contribution in [-0.2, 0) is 15.8 Å². The Morgan fingerprint density at radius 3 is 2.31 bits per heavy atom. The Kier molecular flexibility index (Phi) is 6.23. The molecule has 1 fully saturated rings. The zero-order valence-electron chi connectivity index (χ0n) is 18.5. The zero-order valence-corrected chi connectivity index (χ0v) is 18.5. The van der Waals surface area contributed by atoms with Gasteiger partial charge in [-0.25, -0.2) is 0 Å². The number of nitrogens with zero attached hydrogens (tertiary/aromatic N) is 2. The number of nitro benzene ring substituents is 1. The van der Waals surface area contributed by atoms with Crippen LogP contribution >= 0.6 is 0 Å². The summed E-state index contributed by atoms with van der Waals surface area (Å²) in [7, 11) is 1.43. The van der Waals surface area contributed by atoms with Crippen LogP contribution < -0.4 is 9.64 Å². The molecule has 3 aromatic carbocycles. The molecule has 8 nitrogen and oxygen atoms in total. The van der Waals surface area contributed by atoms with E-state index in [-0.39, 0.29) is 22.5 Å². The van der Waals surface area contributed by atoms with Gasteiger partial charge in [-0.15, -0.1) is 0 Å². The fourth-order valence-corrected chi connectivity index (χ4v) is 3.96. The highest BCUT2D eigenvalue weighted by atomic mass is 19.4. The average Bonchev–Trinajstić information content (AvgIpc) is 3.13. The van der Waals surface area contributed by atoms with Gasteiger partial charge in [0.2, 0.25) is 0 Å². The number of carbonyl (C=O) groups is 2. The lowest BCUT2D eigenvalue weighted by molar-refractivity contribution is -0.384. The maximum absolute atomic E-state index is 13.4. The van der Waals surface area contributed by atoms with Crippen LogP contribution in [-0.4, -0.2) is 28.8 Å². The fourth-order valence-electron chi connectivity index (χ4n) is 3.96. The monoisotopic (exact) mass is 498 g/mol. The summed E-state index contributed by atoms with van der Waals surface area (Å²) >= 11 is 0. The van der Waals surface area contributed by atoms with Crippen LogP contribution in [0, 0.1) is 10.1 Å². The van der Waals surface area contributed by atoms with E-state index in [0.717, 1.165) is 23.1 Å². The Hall–Kier alpha value is -4.67. The molecule has 1 amide bonds. The number of benzene rings is 3. The maximum Gasteiger partial charge on any atom is 0.416 e. The van der Waals surface area contributed by atoms with E-state index in [0.29, 0.717) is 11.8 Å². The van der Waals surface area contributed by atoms with E-state index in [1.165, 1.54) is 55.6 Å². The van der Waals surface area contributed by atoms with Gasteiger partial charge in [-0.3, -0.25) is 24.6 Å². The summed E-state index contributed by atoms with van der Waals surface area (Å²) in [6, 6.07) is 13.2. The van der Waals surface area contributed by atoms with Crippen molar-refractivity contribution in [3.8, 4) is 5.75 Å². The zero-order chi connectivity index (χ0) is 26.2. The SMILES string of the molecule is COc1ccc(C(O)=C2C(=O)C(=O)N(c3cccc(C(F)(F)F)c3)[C@H]2c2cccc([N+](=O)[O-])c2)cc1. The first-order valence-electron chi connectivity index (χ1n) is 10.4. The molecular formula is C25H17F3N2O6. The van der Waals surface area contributed by atoms with Gasteiger partial charge >= 0.3 is 6.18 Å². The third-order valence-corrected chi connectivity index (χ3v) is 5.66. The number of ether oxygens (including phenoxy) is 1. The molecule has 1 N–H and O–H groups in total. The van der Waals surface area contributed by atoms with E-state index in [1.807, 2.05) is 0 Å². The molecule has 3 aromatic rings. The number of anilines is 1. The molecule has 0 radical (unpaired) electrons. The molecule has 0 unspecified atom stereocenters. The molecule has 0 bridgehead atoms. The minimum absolute atomic E-state index is 0.0517. The number of methoxy groups -OCH3 is 1. The number of Topliss-reactive ketones (excluding diaryl/α,β-unsaturated/α-hetero) is 1. The second kappa shape index (κ2) is 9.17. The van der Waals surface area contributed by atoms with Gasteiger partial charge in [0.1, 0.15) is 11.5 Å². The molecule has 0 aromatic heterocycles. The van der Waals surface area contributed by atoms with Crippen molar-refractivity contribution in [3.05, 3.63) is 105 Å². The van der Waals surface area contributed by atoms with Crippen LogP contribution in [0.1, 0.15) is 22.7 Å². The standard InChI is InChI=1S/C25H17F3N2O6/c1-36-19-10-8-14(9-11-19)22(31)20-21(15-4-2-7-18(12-15)30(34)35)29(24(33)23(20)32)17-6-3-5-16(13-17)25(26,27)28/h2-13,21,31H,1H3/t21-/m0/s1. The number of halogens is 3. The predicted octanol–water partition coefficient (Wildman–Crippen LogP) is 5.25. The summed E-state index contributed by atoms with van der Waals surface area (Å²) in [4.78, 5) is 37.7. The lowest BCUT2D eigenvalue weighted by Crippen LogP contribution is -2.29. The van der Waals surface area contributed by atoms with E-state index in [2.05, 4.69) is 0 Å². The van der Waals surface area contributed by atoms with Crippen molar-refractivity contribution in [2.45, 2.75) is 12.2 Å². The molecule has 0 spiro atoms. The Bertz CT molecular complexity index is 1400. The highest BCUT2D eigenvalue weighted by molar-refractivity contribution is 6.51. The van der Waals surface area contributed by atoms with Gasteiger partial charge in [0.15, 0.2) is 0 Å².